The van der Waals surface area contributed by atoms with Crippen molar-refractivity contribution in [1.29, 1.82) is 0 Å². The first-order valence-electron chi connectivity index (χ1n) is 3.25. The molecule has 1 heterocycles. The van der Waals surface area contributed by atoms with Crippen LogP contribution in [0.3, 0.4) is 0 Å². The number of pyridine rings is 1. The largest absolute Gasteiger partial charge is 0.397 e. The van der Waals surface area contributed by atoms with E-state index in [4.69, 9.17) is 5.73 Å². The van der Waals surface area contributed by atoms with Gasteiger partial charge in [0, 0.05) is 3.57 Å². The third kappa shape index (κ3) is 1.93. The third-order valence-electron chi connectivity index (χ3n) is 1.44. The average molecular weight is 298 g/mol. The Balaban J connectivity index is 3.41. The van der Waals surface area contributed by atoms with Gasteiger partial charge in [0.25, 0.3) is 6.43 Å². The Kier molecular flexibility index (Phi) is 3.12. The van der Waals surface area contributed by atoms with Crippen molar-refractivity contribution < 1.29 is 13.6 Å². The minimum Gasteiger partial charge on any atom is -0.397 e. The molecule has 0 amide bonds. The molecule has 0 saturated heterocycles. The Morgan fingerprint density at radius 3 is 2.69 bits per heavy atom. The summed E-state index contributed by atoms with van der Waals surface area (Å²) in [6, 6.07) is 0. The molecule has 0 fully saturated rings. The predicted molar refractivity (Wildman–Crippen MR) is 51.7 cm³/mol. The summed E-state index contributed by atoms with van der Waals surface area (Å²) in [5.41, 5.74) is 4.87. The molecule has 0 unspecified atom stereocenters. The number of carbonyl (C=O) groups excluding carboxylic acids is 1. The number of aldehydes is 1. The average Bonchev–Trinajstić information content (AvgIpc) is 2.08. The number of alkyl halides is 2. The SMILES string of the molecule is Nc1cnc(C=O)c(C(F)F)c1I. The molecule has 13 heavy (non-hydrogen) atoms. The monoisotopic (exact) mass is 298 g/mol. The van der Waals surface area contributed by atoms with Crippen LogP contribution in [0.1, 0.15) is 22.5 Å². The van der Waals surface area contributed by atoms with E-state index in [1.54, 1.807) is 22.6 Å². The molecule has 0 bridgehead atoms. The summed E-state index contributed by atoms with van der Waals surface area (Å²) in [7, 11) is 0. The highest BCUT2D eigenvalue weighted by atomic mass is 127. The molecule has 0 aliphatic rings. The Labute approximate surface area is 86.5 Å². The molecular weight excluding hydrogens is 293 g/mol. The number of halogens is 3. The van der Waals surface area contributed by atoms with E-state index in [2.05, 4.69) is 4.98 Å². The zero-order valence-electron chi connectivity index (χ0n) is 6.30. The Hall–Kier alpha value is -0.790. The molecular formula is C7H5F2IN2O. The zero-order chi connectivity index (χ0) is 10.0. The van der Waals surface area contributed by atoms with Crippen molar-refractivity contribution in [2.45, 2.75) is 6.43 Å². The second kappa shape index (κ2) is 3.95. The van der Waals surface area contributed by atoms with E-state index >= 15 is 0 Å². The lowest BCUT2D eigenvalue weighted by Gasteiger charge is -2.07. The van der Waals surface area contributed by atoms with Gasteiger partial charge in [0.05, 0.1) is 17.4 Å². The normalized spacial score (nSPS) is 10.5. The van der Waals surface area contributed by atoms with Crippen LogP contribution in [-0.2, 0) is 0 Å². The standard InChI is InChI=1S/C7H5F2IN2O/c8-7(9)5-4(2-13)12-1-3(11)6(5)10/h1-2,7H,11H2. The fourth-order valence-electron chi connectivity index (χ4n) is 0.835. The Morgan fingerprint density at radius 2 is 2.23 bits per heavy atom. The van der Waals surface area contributed by atoms with Gasteiger partial charge < -0.3 is 5.73 Å². The van der Waals surface area contributed by atoms with Crippen molar-refractivity contribution in [3.05, 3.63) is 21.0 Å². The lowest BCUT2D eigenvalue weighted by molar-refractivity contribution is 0.110. The molecule has 0 saturated carbocycles. The van der Waals surface area contributed by atoms with Crippen LogP contribution in [0, 0.1) is 3.57 Å². The first-order chi connectivity index (χ1) is 6.07. The maximum Gasteiger partial charge on any atom is 0.267 e. The van der Waals surface area contributed by atoms with E-state index in [9.17, 15) is 13.6 Å². The van der Waals surface area contributed by atoms with E-state index < -0.39 is 12.0 Å². The van der Waals surface area contributed by atoms with Crippen LogP contribution in [0.5, 0.6) is 0 Å². The number of hydrogen-bond donors (Lipinski definition) is 1. The topological polar surface area (TPSA) is 56.0 Å². The van der Waals surface area contributed by atoms with E-state index in [0.717, 1.165) is 0 Å². The van der Waals surface area contributed by atoms with Gasteiger partial charge >= 0.3 is 0 Å². The van der Waals surface area contributed by atoms with Gasteiger partial charge in [0.2, 0.25) is 0 Å². The fourth-order valence-corrected chi connectivity index (χ4v) is 1.49. The van der Waals surface area contributed by atoms with E-state index in [1.165, 1.54) is 6.20 Å². The Morgan fingerprint density at radius 1 is 1.62 bits per heavy atom. The first kappa shape index (κ1) is 10.3. The summed E-state index contributed by atoms with van der Waals surface area (Å²) in [6.07, 6.45) is -1.25. The van der Waals surface area contributed by atoms with Gasteiger partial charge in [0.15, 0.2) is 6.29 Å². The fraction of sp³-hybridized carbons (Fsp3) is 0.143. The van der Waals surface area contributed by atoms with Crippen LogP contribution in [-0.4, -0.2) is 11.3 Å². The zero-order valence-corrected chi connectivity index (χ0v) is 8.46. The molecule has 70 valence electrons. The van der Waals surface area contributed by atoms with E-state index in [0.29, 0.717) is 6.29 Å². The van der Waals surface area contributed by atoms with E-state index in [1.807, 2.05) is 0 Å². The van der Waals surface area contributed by atoms with Gasteiger partial charge in [0.1, 0.15) is 5.69 Å². The van der Waals surface area contributed by atoms with Gasteiger partial charge in [-0.05, 0) is 22.6 Å². The molecule has 0 aliphatic carbocycles. The first-order valence-corrected chi connectivity index (χ1v) is 4.33. The molecule has 0 radical (unpaired) electrons. The molecule has 0 atom stereocenters. The van der Waals surface area contributed by atoms with Crippen LogP contribution in [0.15, 0.2) is 6.20 Å². The smallest absolute Gasteiger partial charge is 0.267 e. The number of nitrogen functional groups attached to an aromatic ring is 1. The second-order valence-corrected chi connectivity index (χ2v) is 3.32. The molecule has 1 rings (SSSR count). The molecule has 3 nitrogen and oxygen atoms in total. The quantitative estimate of drug-likeness (QED) is 0.671. The Bertz CT molecular complexity index is 344. The summed E-state index contributed by atoms with van der Waals surface area (Å²) in [5, 5.41) is 0. The number of anilines is 1. The van der Waals surface area contributed by atoms with Gasteiger partial charge in [-0.15, -0.1) is 0 Å². The molecule has 2 N–H and O–H groups in total. The number of rotatable bonds is 2. The summed E-state index contributed by atoms with van der Waals surface area (Å²) in [4.78, 5) is 13.9. The lowest BCUT2D eigenvalue weighted by Crippen LogP contribution is -2.04. The number of aromatic nitrogens is 1. The van der Waals surface area contributed by atoms with Crippen molar-refractivity contribution in [1.82, 2.24) is 4.98 Å². The van der Waals surface area contributed by atoms with E-state index in [-0.39, 0.29) is 15.0 Å². The number of hydrogen-bond acceptors (Lipinski definition) is 3. The number of nitrogens with two attached hydrogens (primary N) is 1. The van der Waals surface area contributed by atoms with Gasteiger partial charge in [-0.3, -0.25) is 9.78 Å². The highest BCUT2D eigenvalue weighted by Crippen LogP contribution is 2.29. The number of carbonyl (C=O) groups is 1. The summed E-state index contributed by atoms with van der Waals surface area (Å²) >= 11 is 1.67. The summed E-state index contributed by atoms with van der Waals surface area (Å²) in [5.74, 6) is 0. The molecule has 0 aliphatic heterocycles. The highest BCUT2D eigenvalue weighted by molar-refractivity contribution is 14.1. The molecule has 1 aromatic heterocycles. The third-order valence-corrected chi connectivity index (χ3v) is 2.64. The maximum absolute atomic E-state index is 12.4. The van der Waals surface area contributed by atoms with Crippen molar-refractivity contribution in [2.75, 3.05) is 5.73 Å². The lowest BCUT2D eigenvalue weighted by atomic mass is 10.2. The van der Waals surface area contributed by atoms with Crippen LogP contribution >= 0.6 is 22.6 Å². The van der Waals surface area contributed by atoms with Crippen LogP contribution < -0.4 is 5.73 Å². The van der Waals surface area contributed by atoms with Crippen molar-refractivity contribution >= 4 is 34.6 Å². The minimum atomic E-state index is -2.73. The number of nitrogens with zero attached hydrogens (tertiary/aromatic N) is 1. The van der Waals surface area contributed by atoms with Crippen molar-refractivity contribution in [2.24, 2.45) is 0 Å². The summed E-state index contributed by atoms with van der Waals surface area (Å²) < 4.78 is 25.0. The molecule has 1 aromatic rings. The molecule has 6 heteroatoms. The van der Waals surface area contributed by atoms with Crippen LogP contribution in [0.25, 0.3) is 0 Å². The van der Waals surface area contributed by atoms with Crippen LogP contribution in [0.4, 0.5) is 14.5 Å². The molecule has 0 aromatic carbocycles. The maximum atomic E-state index is 12.4. The predicted octanol–water partition coefficient (Wildman–Crippen LogP) is 2.02. The minimum absolute atomic E-state index is 0.154. The van der Waals surface area contributed by atoms with Gasteiger partial charge in [-0.25, -0.2) is 8.78 Å². The summed E-state index contributed by atoms with van der Waals surface area (Å²) in [6.45, 7) is 0. The van der Waals surface area contributed by atoms with Gasteiger partial charge in [-0.2, -0.15) is 0 Å². The van der Waals surface area contributed by atoms with Gasteiger partial charge in [-0.1, -0.05) is 0 Å². The van der Waals surface area contributed by atoms with Crippen LogP contribution in [0.2, 0.25) is 0 Å². The molecule has 0 spiro atoms. The second-order valence-electron chi connectivity index (χ2n) is 2.24. The van der Waals surface area contributed by atoms with Crippen molar-refractivity contribution in [3.8, 4) is 0 Å². The highest BCUT2D eigenvalue weighted by Gasteiger charge is 2.19. The van der Waals surface area contributed by atoms with Crippen molar-refractivity contribution in [3.63, 3.8) is 0 Å².